The van der Waals surface area contributed by atoms with Crippen LogP contribution in [-0.4, -0.2) is 55.0 Å². The first-order valence-electron chi connectivity index (χ1n) is 5.23. The van der Waals surface area contributed by atoms with E-state index in [9.17, 15) is 4.79 Å². The number of hydrogen-bond acceptors (Lipinski definition) is 3. The highest BCUT2D eigenvalue weighted by Gasteiger charge is 2.25. The molecule has 2 atom stereocenters. The van der Waals surface area contributed by atoms with Crippen LogP contribution in [0.5, 0.6) is 0 Å². The number of nitrogens with zero attached hydrogens (tertiary/aromatic N) is 2. The molecule has 1 heterocycles. The van der Waals surface area contributed by atoms with Gasteiger partial charge in [-0.3, -0.25) is 4.79 Å². The summed E-state index contributed by atoms with van der Waals surface area (Å²) < 4.78 is 0. The summed E-state index contributed by atoms with van der Waals surface area (Å²) in [5.74, 6) is 0.0466. The molecule has 2 N–H and O–H groups in total. The minimum absolute atomic E-state index is 0.0466. The molecule has 1 saturated heterocycles. The molecule has 1 aliphatic rings. The van der Waals surface area contributed by atoms with Crippen LogP contribution in [0.3, 0.4) is 0 Å². The molecule has 4 nitrogen and oxygen atoms in total. The first-order chi connectivity index (χ1) is 6.52. The maximum absolute atomic E-state index is 11.6. The van der Waals surface area contributed by atoms with Gasteiger partial charge in [-0.15, -0.1) is 0 Å². The van der Waals surface area contributed by atoms with Crippen molar-refractivity contribution in [2.24, 2.45) is 5.73 Å². The number of nitrogens with two attached hydrogens (primary N) is 1. The second-order valence-corrected chi connectivity index (χ2v) is 4.30. The fourth-order valence-electron chi connectivity index (χ4n) is 1.96. The van der Waals surface area contributed by atoms with Crippen molar-refractivity contribution in [1.82, 2.24) is 9.80 Å². The zero-order valence-electron chi connectivity index (χ0n) is 9.36. The summed E-state index contributed by atoms with van der Waals surface area (Å²) in [5, 5.41) is 0. The van der Waals surface area contributed by atoms with E-state index in [1.807, 2.05) is 7.05 Å². The Labute approximate surface area is 86.0 Å². The van der Waals surface area contributed by atoms with Gasteiger partial charge in [-0.2, -0.15) is 0 Å². The van der Waals surface area contributed by atoms with E-state index < -0.39 is 0 Å². The van der Waals surface area contributed by atoms with Crippen molar-refractivity contribution < 1.29 is 4.79 Å². The van der Waals surface area contributed by atoms with E-state index >= 15 is 0 Å². The third kappa shape index (κ3) is 2.69. The lowest BCUT2D eigenvalue weighted by Gasteiger charge is -2.36. The third-order valence-electron chi connectivity index (χ3n) is 2.88. The van der Waals surface area contributed by atoms with Crippen LogP contribution in [0, 0.1) is 0 Å². The van der Waals surface area contributed by atoms with Gasteiger partial charge in [-0.05, 0) is 33.4 Å². The number of carbonyl (C=O) groups excluding carboxylic acids is 1. The van der Waals surface area contributed by atoms with Crippen LogP contribution in [0.15, 0.2) is 0 Å². The minimum Gasteiger partial charge on any atom is -0.340 e. The van der Waals surface area contributed by atoms with Gasteiger partial charge in [0.15, 0.2) is 0 Å². The second kappa shape index (κ2) is 4.75. The lowest BCUT2D eigenvalue weighted by molar-refractivity contribution is -0.133. The van der Waals surface area contributed by atoms with E-state index in [4.69, 9.17) is 5.73 Å². The van der Waals surface area contributed by atoms with Crippen LogP contribution in [-0.2, 0) is 4.79 Å². The van der Waals surface area contributed by atoms with Gasteiger partial charge in [0.1, 0.15) is 0 Å². The maximum Gasteiger partial charge on any atom is 0.239 e. The number of carbonyl (C=O) groups is 1. The minimum atomic E-state index is -0.382. The smallest absolute Gasteiger partial charge is 0.239 e. The fourth-order valence-corrected chi connectivity index (χ4v) is 1.96. The molecule has 1 fully saturated rings. The Morgan fingerprint density at radius 2 is 2.29 bits per heavy atom. The Morgan fingerprint density at radius 1 is 1.64 bits per heavy atom. The molecule has 1 rings (SSSR count). The average Bonchev–Trinajstić information content (AvgIpc) is 2.15. The second-order valence-electron chi connectivity index (χ2n) is 4.30. The highest BCUT2D eigenvalue weighted by molar-refractivity contribution is 5.81. The number of hydrogen-bond donors (Lipinski definition) is 1. The molecule has 0 aromatic rings. The zero-order chi connectivity index (χ0) is 10.7. The fraction of sp³-hybridized carbons (Fsp3) is 0.900. The van der Waals surface area contributed by atoms with Crippen molar-refractivity contribution >= 4 is 5.91 Å². The van der Waals surface area contributed by atoms with E-state index in [1.54, 1.807) is 11.8 Å². The highest BCUT2D eigenvalue weighted by Crippen LogP contribution is 2.13. The quantitative estimate of drug-likeness (QED) is 0.675. The van der Waals surface area contributed by atoms with Crippen molar-refractivity contribution in [3.8, 4) is 0 Å². The Kier molecular flexibility index (Phi) is 3.89. The Bertz CT molecular complexity index is 206. The summed E-state index contributed by atoms with van der Waals surface area (Å²) in [4.78, 5) is 15.7. The summed E-state index contributed by atoms with van der Waals surface area (Å²) in [5.41, 5.74) is 5.57. The lowest BCUT2D eigenvalue weighted by Crippen LogP contribution is -2.51. The predicted octanol–water partition coefficient (Wildman–Crippen LogP) is -0.114. The normalized spacial score (nSPS) is 25.9. The molecule has 0 aromatic heterocycles. The summed E-state index contributed by atoms with van der Waals surface area (Å²) in [6, 6.07) is -0.0421. The summed E-state index contributed by atoms with van der Waals surface area (Å²) in [6.45, 7) is 3.84. The van der Waals surface area contributed by atoms with E-state index in [2.05, 4.69) is 11.9 Å². The van der Waals surface area contributed by atoms with Gasteiger partial charge in [0.2, 0.25) is 5.91 Å². The largest absolute Gasteiger partial charge is 0.340 e. The van der Waals surface area contributed by atoms with Crippen LogP contribution in [0.2, 0.25) is 0 Å². The first-order valence-corrected chi connectivity index (χ1v) is 5.23. The Morgan fingerprint density at radius 3 is 2.79 bits per heavy atom. The molecular formula is C10H21N3O. The van der Waals surface area contributed by atoms with E-state index in [0.29, 0.717) is 6.04 Å². The molecule has 82 valence electrons. The third-order valence-corrected chi connectivity index (χ3v) is 2.88. The molecule has 0 spiro atoms. The van der Waals surface area contributed by atoms with E-state index in [0.717, 1.165) is 25.9 Å². The van der Waals surface area contributed by atoms with Gasteiger partial charge in [-0.1, -0.05) is 0 Å². The monoisotopic (exact) mass is 199 g/mol. The Balaban J connectivity index is 2.51. The molecule has 0 aliphatic carbocycles. The molecule has 4 heteroatoms. The van der Waals surface area contributed by atoms with Gasteiger partial charge in [-0.25, -0.2) is 0 Å². The standard InChI is InChI=1S/C10H21N3O/c1-8(11)10(14)13(3)9-5-4-6-12(2)7-9/h8-9H,4-7,11H2,1-3H3/t8-,9?/m0/s1. The number of amides is 1. The topological polar surface area (TPSA) is 49.6 Å². The van der Waals surface area contributed by atoms with Gasteiger partial charge < -0.3 is 15.5 Å². The molecule has 0 saturated carbocycles. The Hall–Kier alpha value is -0.610. The summed E-state index contributed by atoms with van der Waals surface area (Å²) in [7, 11) is 3.95. The van der Waals surface area contributed by atoms with Gasteiger partial charge in [0.25, 0.3) is 0 Å². The summed E-state index contributed by atoms with van der Waals surface area (Å²) >= 11 is 0. The predicted molar refractivity (Wildman–Crippen MR) is 56.9 cm³/mol. The molecule has 0 radical (unpaired) electrons. The molecule has 1 unspecified atom stereocenters. The van der Waals surface area contributed by atoms with E-state index in [-0.39, 0.29) is 11.9 Å². The zero-order valence-corrected chi connectivity index (χ0v) is 9.36. The van der Waals surface area contributed by atoms with Crippen LogP contribution >= 0.6 is 0 Å². The lowest BCUT2D eigenvalue weighted by atomic mass is 10.0. The first kappa shape index (κ1) is 11.5. The van der Waals surface area contributed by atoms with Gasteiger partial charge >= 0.3 is 0 Å². The number of likely N-dealkylation sites (N-methyl/N-ethyl adjacent to an activating group) is 2. The van der Waals surface area contributed by atoms with Crippen LogP contribution < -0.4 is 5.73 Å². The highest BCUT2D eigenvalue weighted by atomic mass is 16.2. The molecule has 0 aromatic carbocycles. The maximum atomic E-state index is 11.6. The molecule has 0 bridgehead atoms. The summed E-state index contributed by atoms with van der Waals surface area (Å²) in [6.07, 6.45) is 2.26. The van der Waals surface area contributed by atoms with Crippen LogP contribution in [0.4, 0.5) is 0 Å². The molecular weight excluding hydrogens is 178 g/mol. The van der Waals surface area contributed by atoms with Crippen molar-refractivity contribution in [1.29, 1.82) is 0 Å². The van der Waals surface area contributed by atoms with Crippen molar-refractivity contribution in [3.63, 3.8) is 0 Å². The SMILES string of the molecule is C[C@H](N)C(=O)N(C)C1CCCN(C)C1. The number of likely N-dealkylation sites (tertiary alicyclic amines) is 1. The van der Waals surface area contributed by atoms with Crippen molar-refractivity contribution in [2.45, 2.75) is 31.8 Å². The van der Waals surface area contributed by atoms with Crippen molar-refractivity contribution in [3.05, 3.63) is 0 Å². The van der Waals surface area contributed by atoms with E-state index in [1.165, 1.54) is 0 Å². The van der Waals surface area contributed by atoms with Gasteiger partial charge in [0, 0.05) is 19.6 Å². The van der Waals surface area contributed by atoms with Crippen LogP contribution in [0.1, 0.15) is 19.8 Å². The van der Waals surface area contributed by atoms with Crippen molar-refractivity contribution in [2.75, 3.05) is 27.2 Å². The van der Waals surface area contributed by atoms with Crippen LogP contribution in [0.25, 0.3) is 0 Å². The molecule has 1 aliphatic heterocycles. The van der Waals surface area contributed by atoms with Gasteiger partial charge in [0.05, 0.1) is 6.04 Å². The molecule has 14 heavy (non-hydrogen) atoms. The molecule has 1 amide bonds. The average molecular weight is 199 g/mol. The number of rotatable bonds is 2. The number of piperidine rings is 1.